The van der Waals surface area contributed by atoms with Crippen LogP contribution in [-0.2, 0) is 0 Å². The minimum atomic E-state index is -1.44. The summed E-state index contributed by atoms with van der Waals surface area (Å²) >= 11 is 0. The van der Waals surface area contributed by atoms with E-state index in [1.54, 1.807) is 25.1 Å². The summed E-state index contributed by atoms with van der Waals surface area (Å²) in [5.41, 5.74) is -0.995. The minimum absolute atomic E-state index is 0.109. The van der Waals surface area contributed by atoms with Crippen molar-refractivity contribution in [2.24, 2.45) is 5.41 Å². The summed E-state index contributed by atoms with van der Waals surface area (Å²) in [5, 5.41) is 29.0. The number of aromatic carboxylic acids is 1. The van der Waals surface area contributed by atoms with Crippen LogP contribution in [0.1, 0.15) is 47.7 Å². The number of aliphatic hydroxyl groups is 1. The minimum Gasteiger partial charge on any atom is -0.478 e. The fourth-order valence-corrected chi connectivity index (χ4v) is 2.49. The number of hydrogen-bond acceptors (Lipinski definition) is 3. The quantitative estimate of drug-likeness (QED) is 0.817. The van der Waals surface area contributed by atoms with Gasteiger partial charge in [0.15, 0.2) is 0 Å². The highest BCUT2D eigenvalue weighted by Crippen LogP contribution is 2.48. The van der Waals surface area contributed by atoms with Crippen LogP contribution in [0.2, 0.25) is 0 Å². The first-order chi connectivity index (χ1) is 9.81. The molecule has 1 aliphatic carbocycles. The molecule has 1 aromatic rings. The topological polar surface area (TPSA) is 81.3 Å². The van der Waals surface area contributed by atoms with E-state index in [-0.39, 0.29) is 5.56 Å². The number of nitrogens with zero attached hydrogens (tertiary/aromatic N) is 1. The molecule has 4 heteroatoms. The first kappa shape index (κ1) is 15.1. The molecule has 0 aromatic heterocycles. The van der Waals surface area contributed by atoms with Crippen molar-refractivity contribution < 1.29 is 15.0 Å². The predicted octanol–water partition coefficient (Wildman–Crippen LogP) is 2.49. The fourth-order valence-electron chi connectivity index (χ4n) is 2.49. The zero-order chi connectivity index (χ0) is 15.7. The Kier molecular flexibility index (Phi) is 3.77. The van der Waals surface area contributed by atoms with Crippen LogP contribution in [-0.4, -0.2) is 21.8 Å². The molecule has 0 aliphatic heterocycles. The average Bonchev–Trinajstić information content (AvgIpc) is 2.36. The molecule has 2 rings (SSSR count). The normalized spacial score (nSPS) is 18.4. The van der Waals surface area contributed by atoms with Gasteiger partial charge in [0.1, 0.15) is 5.60 Å². The fraction of sp³-hybridized carbons (Fsp3) is 0.412. The highest BCUT2D eigenvalue weighted by Gasteiger charge is 2.51. The van der Waals surface area contributed by atoms with Gasteiger partial charge in [-0.25, -0.2) is 4.79 Å². The van der Waals surface area contributed by atoms with Crippen LogP contribution in [0.3, 0.4) is 0 Å². The Labute approximate surface area is 124 Å². The summed E-state index contributed by atoms with van der Waals surface area (Å²) in [6, 6.07) is 7.11. The maximum Gasteiger partial charge on any atom is 0.336 e. The second kappa shape index (κ2) is 5.24. The van der Waals surface area contributed by atoms with Gasteiger partial charge in [-0.1, -0.05) is 23.5 Å². The Hall–Kier alpha value is -2.30. The van der Waals surface area contributed by atoms with Crippen molar-refractivity contribution in [3.05, 3.63) is 34.9 Å². The highest BCUT2D eigenvalue weighted by molar-refractivity contribution is 5.91. The van der Waals surface area contributed by atoms with Crippen molar-refractivity contribution in [1.82, 2.24) is 0 Å². The Morgan fingerprint density at radius 2 is 2.10 bits per heavy atom. The maximum absolute atomic E-state index is 11.2. The van der Waals surface area contributed by atoms with Crippen molar-refractivity contribution in [2.45, 2.75) is 38.7 Å². The third-order valence-corrected chi connectivity index (χ3v) is 4.20. The predicted molar refractivity (Wildman–Crippen MR) is 77.5 cm³/mol. The number of aryl methyl sites for hydroxylation is 1. The smallest absolute Gasteiger partial charge is 0.336 e. The van der Waals surface area contributed by atoms with Crippen LogP contribution in [0.4, 0.5) is 0 Å². The van der Waals surface area contributed by atoms with E-state index < -0.39 is 17.0 Å². The van der Waals surface area contributed by atoms with Crippen molar-refractivity contribution >= 4 is 5.97 Å². The lowest BCUT2D eigenvalue weighted by Crippen LogP contribution is -2.48. The van der Waals surface area contributed by atoms with Gasteiger partial charge in [-0.3, -0.25) is 0 Å². The number of carboxylic acids is 1. The zero-order valence-electron chi connectivity index (χ0n) is 12.1. The first-order valence-corrected chi connectivity index (χ1v) is 6.82. The van der Waals surface area contributed by atoms with Crippen molar-refractivity contribution in [2.75, 3.05) is 0 Å². The molecule has 0 radical (unpaired) electrons. The van der Waals surface area contributed by atoms with E-state index in [9.17, 15) is 20.3 Å². The molecule has 1 fully saturated rings. The van der Waals surface area contributed by atoms with Gasteiger partial charge >= 0.3 is 5.97 Å². The largest absolute Gasteiger partial charge is 0.478 e. The Bertz CT molecular complexity index is 682. The summed E-state index contributed by atoms with van der Waals surface area (Å²) in [6.45, 7) is 3.33. The molecule has 0 heterocycles. The van der Waals surface area contributed by atoms with Crippen LogP contribution >= 0.6 is 0 Å². The molecule has 0 spiro atoms. The number of benzene rings is 1. The van der Waals surface area contributed by atoms with E-state index in [0.29, 0.717) is 18.4 Å². The average molecular weight is 283 g/mol. The SMILES string of the molecule is Cc1ccc(C#C[C@](C)(O)C2(C#N)CCC2)c(C(=O)O)c1. The molecule has 0 bridgehead atoms. The Morgan fingerprint density at radius 3 is 2.57 bits per heavy atom. The zero-order valence-corrected chi connectivity index (χ0v) is 12.1. The molecule has 1 aromatic carbocycles. The van der Waals surface area contributed by atoms with Crippen LogP contribution in [0.5, 0.6) is 0 Å². The molecular weight excluding hydrogens is 266 g/mol. The van der Waals surface area contributed by atoms with Gasteiger partial charge in [-0.05, 0) is 45.2 Å². The van der Waals surface area contributed by atoms with E-state index in [1.807, 2.05) is 0 Å². The van der Waals surface area contributed by atoms with E-state index in [0.717, 1.165) is 12.0 Å². The summed E-state index contributed by atoms with van der Waals surface area (Å²) in [4.78, 5) is 11.2. The second-order valence-electron chi connectivity index (χ2n) is 5.72. The molecule has 0 unspecified atom stereocenters. The monoisotopic (exact) mass is 283 g/mol. The summed E-state index contributed by atoms with van der Waals surface area (Å²) in [7, 11) is 0. The maximum atomic E-state index is 11.2. The molecule has 0 saturated heterocycles. The van der Waals surface area contributed by atoms with Crippen molar-refractivity contribution in [1.29, 1.82) is 5.26 Å². The molecule has 1 aliphatic rings. The third kappa shape index (κ3) is 2.63. The molecule has 1 atom stereocenters. The molecule has 0 amide bonds. The van der Waals surface area contributed by atoms with E-state index in [1.165, 1.54) is 6.92 Å². The molecular formula is C17H17NO3. The van der Waals surface area contributed by atoms with E-state index >= 15 is 0 Å². The van der Waals surface area contributed by atoms with Gasteiger partial charge in [0.25, 0.3) is 0 Å². The molecule has 2 N–H and O–H groups in total. The van der Waals surface area contributed by atoms with Gasteiger partial charge in [0, 0.05) is 5.56 Å². The van der Waals surface area contributed by atoms with Crippen LogP contribution in [0.15, 0.2) is 18.2 Å². The molecule has 108 valence electrons. The Morgan fingerprint density at radius 1 is 1.43 bits per heavy atom. The van der Waals surface area contributed by atoms with Crippen LogP contribution < -0.4 is 0 Å². The number of nitriles is 1. The van der Waals surface area contributed by atoms with Crippen molar-refractivity contribution in [3.8, 4) is 17.9 Å². The van der Waals surface area contributed by atoms with Gasteiger partial charge in [-0.15, -0.1) is 0 Å². The van der Waals surface area contributed by atoms with Gasteiger partial charge in [0.2, 0.25) is 0 Å². The second-order valence-corrected chi connectivity index (χ2v) is 5.72. The molecule has 1 saturated carbocycles. The lowest BCUT2D eigenvalue weighted by Gasteiger charge is -2.43. The van der Waals surface area contributed by atoms with Crippen LogP contribution in [0, 0.1) is 35.5 Å². The highest BCUT2D eigenvalue weighted by atomic mass is 16.4. The van der Waals surface area contributed by atoms with Crippen LogP contribution in [0.25, 0.3) is 0 Å². The Balaban J connectivity index is 2.40. The lowest BCUT2D eigenvalue weighted by atomic mass is 9.60. The van der Waals surface area contributed by atoms with Gasteiger partial charge < -0.3 is 10.2 Å². The molecule has 21 heavy (non-hydrogen) atoms. The summed E-state index contributed by atoms with van der Waals surface area (Å²) < 4.78 is 0. The number of hydrogen-bond donors (Lipinski definition) is 2. The van der Waals surface area contributed by atoms with Gasteiger partial charge in [0.05, 0.1) is 17.0 Å². The number of carbonyl (C=O) groups is 1. The lowest BCUT2D eigenvalue weighted by molar-refractivity contribution is -0.0336. The summed E-state index contributed by atoms with van der Waals surface area (Å²) in [5.74, 6) is 4.39. The molecule has 4 nitrogen and oxygen atoms in total. The third-order valence-electron chi connectivity index (χ3n) is 4.20. The van der Waals surface area contributed by atoms with Gasteiger partial charge in [-0.2, -0.15) is 5.26 Å². The summed E-state index contributed by atoms with van der Waals surface area (Å²) in [6.07, 6.45) is 2.13. The van der Waals surface area contributed by atoms with E-state index in [4.69, 9.17) is 0 Å². The number of rotatable bonds is 2. The number of carboxylic acid groups (broad SMARTS) is 1. The first-order valence-electron chi connectivity index (χ1n) is 6.82. The van der Waals surface area contributed by atoms with Crippen molar-refractivity contribution in [3.63, 3.8) is 0 Å². The standard InChI is InChI=1S/C17H17NO3/c1-12-4-5-13(14(10-12)15(19)20)6-9-16(2,21)17(11-18)7-3-8-17/h4-5,10,21H,3,7-8H2,1-2H3,(H,19,20)/t16-/m0/s1. The van der Waals surface area contributed by atoms with E-state index in [2.05, 4.69) is 17.9 Å².